The van der Waals surface area contributed by atoms with Crippen LogP contribution in [0.1, 0.15) is 28.3 Å². The standard InChI is InChI=1S/C28H23FN2O3/c1-17-10-12-18(13-11-17)26(32)24-25(21-7-2-4-8-22(21)29)31(28(34)27(24)33)15-14-19-16-30-23-9-5-3-6-20(19)23/h2-13,16,25,30,32H,14-15H2,1H3/t25-/m1/s1. The topological polar surface area (TPSA) is 73.4 Å². The molecule has 1 aliphatic rings. The van der Waals surface area contributed by atoms with Crippen LogP contribution in [-0.2, 0) is 16.0 Å². The van der Waals surface area contributed by atoms with Crippen molar-refractivity contribution >= 4 is 28.4 Å². The Morgan fingerprint density at radius 2 is 1.71 bits per heavy atom. The average Bonchev–Trinajstić information content (AvgIpc) is 3.37. The van der Waals surface area contributed by atoms with Gasteiger partial charge in [-0.3, -0.25) is 9.59 Å². The molecule has 6 heteroatoms. The first-order chi connectivity index (χ1) is 16.5. The number of carbonyl (C=O) groups excluding carboxylic acids is 2. The maximum Gasteiger partial charge on any atom is 0.295 e. The van der Waals surface area contributed by atoms with Crippen molar-refractivity contribution in [2.75, 3.05) is 6.54 Å². The zero-order valence-electron chi connectivity index (χ0n) is 18.6. The fourth-order valence-electron chi connectivity index (χ4n) is 4.58. The van der Waals surface area contributed by atoms with Gasteiger partial charge in [-0.2, -0.15) is 0 Å². The van der Waals surface area contributed by atoms with E-state index in [4.69, 9.17) is 0 Å². The van der Waals surface area contributed by atoms with Crippen LogP contribution in [0.5, 0.6) is 0 Å². The first-order valence-electron chi connectivity index (χ1n) is 11.1. The number of ketones is 1. The van der Waals surface area contributed by atoms with E-state index in [1.54, 1.807) is 42.5 Å². The molecule has 4 aromatic rings. The number of aliphatic hydroxyl groups excluding tert-OH is 1. The maximum absolute atomic E-state index is 14.9. The molecule has 0 saturated carbocycles. The number of H-pyrrole nitrogens is 1. The largest absolute Gasteiger partial charge is 0.507 e. The molecule has 3 aromatic carbocycles. The van der Waals surface area contributed by atoms with Crippen molar-refractivity contribution in [3.05, 3.63) is 113 Å². The number of carbonyl (C=O) groups is 2. The van der Waals surface area contributed by atoms with Crippen LogP contribution in [0.4, 0.5) is 4.39 Å². The number of aromatic nitrogens is 1. The van der Waals surface area contributed by atoms with E-state index < -0.39 is 23.5 Å². The smallest absolute Gasteiger partial charge is 0.295 e. The number of likely N-dealkylation sites (tertiary alicyclic amines) is 1. The average molecular weight is 455 g/mol. The Morgan fingerprint density at radius 3 is 2.47 bits per heavy atom. The molecular formula is C28H23FN2O3. The van der Waals surface area contributed by atoms with Gasteiger partial charge >= 0.3 is 0 Å². The van der Waals surface area contributed by atoms with Crippen LogP contribution in [0.2, 0.25) is 0 Å². The van der Waals surface area contributed by atoms with Gasteiger partial charge in [-0.05, 0) is 31.0 Å². The molecule has 0 bridgehead atoms. The summed E-state index contributed by atoms with van der Waals surface area (Å²) in [6.45, 7) is 2.10. The normalized spacial score (nSPS) is 17.6. The van der Waals surface area contributed by atoms with Gasteiger partial charge in [-0.25, -0.2) is 4.39 Å². The van der Waals surface area contributed by atoms with E-state index in [0.717, 1.165) is 22.0 Å². The summed E-state index contributed by atoms with van der Waals surface area (Å²) >= 11 is 0. The summed E-state index contributed by atoms with van der Waals surface area (Å²) in [5, 5.41) is 12.1. The third-order valence-electron chi connectivity index (χ3n) is 6.36. The first-order valence-corrected chi connectivity index (χ1v) is 11.1. The quantitative estimate of drug-likeness (QED) is 0.245. The van der Waals surface area contributed by atoms with Crippen LogP contribution < -0.4 is 0 Å². The Balaban J connectivity index is 1.58. The number of nitrogens with one attached hydrogen (secondary N) is 1. The van der Waals surface area contributed by atoms with E-state index in [2.05, 4.69) is 4.98 Å². The lowest BCUT2D eigenvalue weighted by atomic mass is 9.94. The van der Waals surface area contributed by atoms with E-state index >= 15 is 0 Å². The molecule has 1 aliphatic heterocycles. The van der Waals surface area contributed by atoms with Gasteiger partial charge < -0.3 is 15.0 Å². The third-order valence-corrected chi connectivity index (χ3v) is 6.36. The Labute approximate surface area is 196 Å². The zero-order valence-corrected chi connectivity index (χ0v) is 18.6. The zero-order chi connectivity index (χ0) is 23.8. The van der Waals surface area contributed by atoms with Gasteiger partial charge in [0.2, 0.25) is 0 Å². The molecule has 1 amide bonds. The van der Waals surface area contributed by atoms with Crippen molar-refractivity contribution in [1.82, 2.24) is 9.88 Å². The fraction of sp³-hybridized carbons (Fsp3) is 0.143. The second-order valence-corrected chi connectivity index (χ2v) is 8.49. The molecule has 2 N–H and O–H groups in total. The number of aromatic amines is 1. The molecule has 1 fully saturated rings. The summed E-state index contributed by atoms with van der Waals surface area (Å²) in [6.07, 6.45) is 2.35. The minimum atomic E-state index is -1.02. The highest BCUT2D eigenvalue weighted by Gasteiger charge is 2.46. The first kappa shape index (κ1) is 21.6. The number of benzene rings is 3. The molecule has 0 aliphatic carbocycles. The lowest BCUT2D eigenvalue weighted by Crippen LogP contribution is -2.32. The molecule has 1 saturated heterocycles. The van der Waals surface area contributed by atoms with Crippen LogP contribution >= 0.6 is 0 Å². The maximum atomic E-state index is 14.9. The number of aryl methyl sites for hydroxylation is 1. The fourth-order valence-corrected chi connectivity index (χ4v) is 4.58. The predicted octanol–water partition coefficient (Wildman–Crippen LogP) is 5.28. The minimum absolute atomic E-state index is 0.0992. The van der Waals surface area contributed by atoms with Crippen LogP contribution in [0.25, 0.3) is 16.7 Å². The second kappa shape index (κ2) is 8.63. The van der Waals surface area contributed by atoms with Gasteiger partial charge in [0.05, 0.1) is 11.6 Å². The van der Waals surface area contributed by atoms with Gasteiger partial charge in [0.1, 0.15) is 11.6 Å². The number of halogens is 1. The Hall–Kier alpha value is -4.19. The molecule has 0 spiro atoms. The van der Waals surface area contributed by atoms with Crippen molar-refractivity contribution in [1.29, 1.82) is 0 Å². The molecule has 1 atom stereocenters. The van der Waals surface area contributed by atoms with Crippen LogP contribution in [0, 0.1) is 12.7 Å². The van der Waals surface area contributed by atoms with Crippen LogP contribution in [0.3, 0.4) is 0 Å². The van der Waals surface area contributed by atoms with Crippen molar-refractivity contribution in [2.24, 2.45) is 0 Å². The highest BCUT2D eigenvalue weighted by molar-refractivity contribution is 6.46. The van der Waals surface area contributed by atoms with Gasteiger partial charge in [0, 0.05) is 34.8 Å². The third kappa shape index (κ3) is 3.67. The van der Waals surface area contributed by atoms with Gasteiger partial charge in [0.15, 0.2) is 0 Å². The van der Waals surface area contributed by atoms with Crippen LogP contribution in [0.15, 0.2) is 84.6 Å². The van der Waals surface area contributed by atoms with E-state index in [1.165, 1.54) is 11.0 Å². The summed E-state index contributed by atoms with van der Waals surface area (Å²) in [7, 11) is 0. The van der Waals surface area contributed by atoms with Crippen LogP contribution in [-0.4, -0.2) is 33.2 Å². The van der Waals surface area contributed by atoms with Gasteiger partial charge in [-0.1, -0.05) is 66.2 Å². The number of hydrogen-bond donors (Lipinski definition) is 2. The molecule has 5 rings (SSSR count). The number of hydrogen-bond acceptors (Lipinski definition) is 3. The molecule has 1 aromatic heterocycles. The number of nitrogens with zero attached hydrogens (tertiary/aromatic N) is 1. The number of rotatable bonds is 5. The van der Waals surface area contributed by atoms with E-state index in [-0.39, 0.29) is 23.4 Å². The molecule has 2 heterocycles. The molecular weight excluding hydrogens is 431 g/mol. The summed E-state index contributed by atoms with van der Waals surface area (Å²) in [5.74, 6) is -2.41. The van der Waals surface area contributed by atoms with Crippen molar-refractivity contribution in [3.63, 3.8) is 0 Å². The molecule has 34 heavy (non-hydrogen) atoms. The Morgan fingerprint density at radius 1 is 1.00 bits per heavy atom. The SMILES string of the molecule is Cc1ccc(C(O)=C2C(=O)C(=O)N(CCc3c[nH]c4ccccc34)[C@@H]2c2ccccc2F)cc1. The van der Waals surface area contributed by atoms with Crippen molar-refractivity contribution in [3.8, 4) is 0 Å². The van der Waals surface area contributed by atoms with Crippen molar-refractivity contribution < 1.29 is 19.1 Å². The second-order valence-electron chi connectivity index (χ2n) is 8.49. The Kier molecular flexibility index (Phi) is 5.49. The van der Waals surface area contributed by atoms with Gasteiger partial charge in [0.25, 0.3) is 11.7 Å². The molecule has 0 unspecified atom stereocenters. The van der Waals surface area contributed by atoms with E-state index in [0.29, 0.717) is 12.0 Å². The molecule has 5 nitrogen and oxygen atoms in total. The number of fused-ring (bicyclic) bond motifs is 1. The highest BCUT2D eigenvalue weighted by atomic mass is 19.1. The monoisotopic (exact) mass is 454 g/mol. The van der Waals surface area contributed by atoms with E-state index in [9.17, 15) is 19.1 Å². The summed E-state index contributed by atoms with van der Waals surface area (Å²) in [4.78, 5) is 30.8. The van der Waals surface area contributed by atoms with Gasteiger partial charge in [-0.15, -0.1) is 0 Å². The number of amides is 1. The summed E-state index contributed by atoms with van der Waals surface area (Å²) in [6, 6.07) is 19.8. The number of para-hydroxylation sites is 1. The number of Topliss-reactive ketones (excluding diaryl/α,β-unsaturated/α-hetero) is 1. The lowest BCUT2D eigenvalue weighted by molar-refractivity contribution is -0.139. The minimum Gasteiger partial charge on any atom is -0.507 e. The van der Waals surface area contributed by atoms with E-state index in [1.807, 2.05) is 37.4 Å². The summed E-state index contributed by atoms with van der Waals surface area (Å²) in [5.41, 5.74) is 3.43. The summed E-state index contributed by atoms with van der Waals surface area (Å²) < 4.78 is 14.9. The molecule has 170 valence electrons. The predicted molar refractivity (Wildman–Crippen MR) is 129 cm³/mol. The lowest BCUT2D eigenvalue weighted by Gasteiger charge is -2.25. The molecule has 0 radical (unpaired) electrons. The van der Waals surface area contributed by atoms with Crippen molar-refractivity contribution in [2.45, 2.75) is 19.4 Å². The Bertz CT molecular complexity index is 1440. The number of aliphatic hydroxyl groups is 1. The highest BCUT2D eigenvalue weighted by Crippen LogP contribution is 2.40.